The Morgan fingerprint density at radius 2 is 2.33 bits per heavy atom. The van der Waals surface area contributed by atoms with Crippen LogP contribution in [0.5, 0.6) is 0 Å². The number of carbonyl (C=O) groups excluding carboxylic acids is 1. The lowest BCUT2D eigenvalue weighted by Gasteiger charge is -2.12. The van der Waals surface area contributed by atoms with Gasteiger partial charge in [-0.1, -0.05) is 6.07 Å². The van der Waals surface area contributed by atoms with E-state index in [1.807, 2.05) is 0 Å². The summed E-state index contributed by atoms with van der Waals surface area (Å²) >= 11 is 0. The van der Waals surface area contributed by atoms with E-state index in [0.29, 0.717) is 11.3 Å². The first kappa shape index (κ1) is 12.5. The molecule has 1 amide bonds. The number of carbonyl (C=O) groups is 1. The Balaban J connectivity index is 2.16. The van der Waals surface area contributed by atoms with Crippen LogP contribution < -0.4 is 10.6 Å². The molecule has 1 saturated heterocycles. The van der Waals surface area contributed by atoms with Crippen molar-refractivity contribution in [3.05, 3.63) is 33.9 Å². The van der Waals surface area contributed by atoms with Crippen molar-refractivity contribution in [1.82, 2.24) is 5.32 Å². The molecule has 1 aliphatic rings. The molecule has 18 heavy (non-hydrogen) atoms. The van der Waals surface area contributed by atoms with E-state index in [2.05, 4.69) is 10.6 Å². The summed E-state index contributed by atoms with van der Waals surface area (Å²) in [5.41, 5.74) is 1.00. The Morgan fingerprint density at radius 1 is 1.56 bits per heavy atom. The topological polar surface area (TPSA) is 84.3 Å². The van der Waals surface area contributed by atoms with E-state index < -0.39 is 4.92 Å². The van der Waals surface area contributed by atoms with Gasteiger partial charge in [0.2, 0.25) is 5.91 Å². The SMILES string of the molecule is Cc1c(NC(=O)[C@H]2CCCN2)cccc1[N+](=O)[O-]. The fraction of sp³-hybridized carbons (Fsp3) is 0.417. The van der Waals surface area contributed by atoms with E-state index in [1.54, 1.807) is 19.1 Å². The summed E-state index contributed by atoms with van der Waals surface area (Å²) in [6.45, 7) is 2.47. The molecule has 96 valence electrons. The molecule has 0 aromatic heterocycles. The minimum atomic E-state index is -0.446. The van der Waals surface area contributed by atoms with E-state index in [1.165, 1.54) is 6.07 Å². The van der Waals surface area contributed by atoms with Gasteiger partial charge in [0.1, 0.15) is 0 Å². The third-order valence-corrected chi connectivity index (χ3v) is 3.14. The predicted octanol–water partition coefficient (Wildman–Crippen LogP) is 1.59. The second kappa shape index (κ2) is 5.14. The average molecular weight is 249 g/mol. The monoisotopic (exact) mass is 249 g/mol. The van der Waals surface area contributed by atoms with Crippen LogP contribution in [0, 0.1) is 17.0 Å². The van der Waals surface area contributed by atoms with Crippen LogP contribution in [-0.4, -0.2) is 23.4 Å². The highest BCUT2D eigenvalue weighted by Gasteiger charge is 2.23. The van der Waals surface area contributed by atoms with Crippen LogP contribution in [0.15, 0.2) is 18.2 Å². The predicted molar refractivity (Wildman–Crippen MR) is 67.5 cm³/mol. The molecule has 0 bridgehead atoms. The maximum Gasteiger partial charge on any atom is 0.274 e. The van der Waals surface area contributed by atoms with Gasteiger partial charge in [-0.15, -0.1) is 0 Å². The fourth-order valence-electron chi connectivity index (χ4n) is 2.08. The number of hydrogen-bond acceptors (Lipinski definition) is 4. The maximum absolute atomic E-state index is 11.9. The summed E-state index contributed by atoms with van der Waals surface area (Å²) in [4.78, 5) is 22.3. The van der Waals surface area contributed by atoms with E-state index in [0.717, 1.165) is 19.4 Å². The first-order chi connectivity index (χ1) is 8.59. The van der Waals surface area contributed by atoms with Gasteiger partial charge in [-0.2, -0.15) is 0 Å². The van der Waals surface area contributed by atoms with Crippen LogP contribution in [0.25, 0.3) is 0 Å². The number of benzene rings is 1. The zero-order valence-electron chi connectivity index (χ0n) is 10.1. The van der Waals surface area contributed by atoms with Crippen molar-refractivity contribution in [3.63, 3.8) is 0 Å². The molecule has 1 aromatic rings. The highest BCUT2D eigenvalue weighted by molar-refractivity contribution is 5.96. The molecule has 0 spiro atoms. The summed E-state index contributed by atoms with van der Waals surface area (Å²) in [7, 11) is 0. The lowest BCUT2D eigenvalue weighted by atomic mass is 10.1. The van der Waals surface area contributed by atoms with Gasteiger partial charge in [0.05, 0.1) is 22.2 Å². The number of nitrogens with one attached hydrogen (secondary N) is 2. The number of nitrogens with zero attached hydrogens (tertiary/aromatic N) is 1. The quantitative estimate of drug-likeness (QED) is 0.629. The molecule has 2 rings (SSSR count). The van der Waals surface area contributed by atoms with E-state index in [-0.39, 0.29) is 17.6 Å². The van der Waals surface area contributed by atoms with Gasteiger partial charge in [-0.05, 0) is 32.4 Å². The Morgan fingerprint density at radius 3 is 2.94 bits per heavy atom. The van der Waals surface area contributed by atoms with Crippen LogP contribution >= 0.6 is 0 Å². The third-order valence-electron chi connectivity index (χ3n) is 3.14. The van der Waals surface area contributed by atoms with E-state index in [9.17, 15) is 14.9 Å². The van der Waals surface area contributed by atoms with Gasteiger partial charge >= 0.3 is 0 Å². The Hall–Kier alpha value is -1.95. The first-order valence-electron chi connectivity index (χ1n) is 5.88. The van der Waals surface area contributed by atoms with E-state index in [4.69, 9.17) is 0 Å². The second-order valence-electron chi connectivity index (χ2n) is 4.34. The largest absolute Gasteiger partial charge is 0.324 e. The lowest BCUT2D eigenvalue weighted by Crippen LogP contribution is -2.35. The lowest BCUT2D eigenvalue weighted by molar-refractivity contribution is -0.385. The molecule has 2 N–H and O–H groups in total. The molecule has 6 nitrogen and oxygen atoms in total. The summed E-state index contributed by atoms with van der Waals surface area (Å²) in [5.74, 6) is -0.129. The normalized spacial score (nSPS) is 18.6. The first-order valence-corrected chi connectivity index (χ1v) is 5.88. The molecular weight excluding hydrogens is 234 g/mol. The molecule has 1 aromatic carbocycles. The Bertz CT molecular complexity index is 481. The van der Waals surface area contributed by atoms with Crippen LogP contribution in [0.4, 0.5) is 11.4 Å². The Labute approximate surface area is 105 Å². The van der Waals surface area contributed by atoms with Gasteiger partial charge < -0.3 is 10.6 Å². The minimum Gasteiger partial charge on any atom is -0.324 e. The zero-order valence-corrected chi connectivity index (χ0v) is 10.1. The fourth-order valence-corrected chi connectivity index (χ4v) is 2.08. The smallest absolute Gasteiger partial charge is 0.274 e. The summed E-state index contributed by atoms with van der Waals surface area (Å²) in [6, 6.07) is 4.49. The van der Waals surface area contributed by atoms with Gasteiger partial charge in [-0.3, -0.25) is 14.9 Å². The van der Waals surface area contributed by atoms with Gasteiger partial charge in [0.25, 0.3) is 5.69 Å². The van der Waals surface area contributed by atoms with Gasteiger partial charge in [0, 0.05) is 6.07 Å². The van der Waals surface area contributed by atoms with E-state index >= 15 is 0 Å². The molecule has 0 saturated carbocycles. The van der Waals surface area contributed by atoms with Gasteiger partial charge in [0.15, 0.2) is 0 Å². The Kier molecular flexibility index (Phi) is 3.57. The minimum absolute atomic E-state index is 0.0205. The van der Waals surface area contributed by atoms with Crippen molar-refractivity contribution in [2.75, 3.05) is 11.9 Å². The van der Waals surface area contributed by atoms with Crippen LogP contribution in [0.2, 0.25) is 0 Å². The van der Waals surface area contributed by atoms with Crippen molar-refractivity contribution in [2.45, 2.75) is 25.8 Å². The number of anilines is 1. The molecule has 1 atom stereocenters. The third kappa shape index (κ3) is 2.48. The zero-order chi connectivity index (χ0) is 13.1. The molecule has 1 aliphatic heterocycles. The number of amides is 1. The molecule has 0 radical (unpaired) electrons. The highest BCUT2D eigenvalue weighted by atomic mass is 16.6. The molecule has 1 fully saturated rings. The number of nitro benzene ring substituents is 1. The molecule has 0 unspecified atom stereocenters. The van der Waals surface area contributed by atoms with Gasteiger partial charge in [-0.25, -0.2) is 0 Å². The second-order valence-corrected chi connectivity index (χ2v) is 4.34. The number of rotatable bonds is 3. The van der Waals surface area contributed by atoms with Crippen molar-refractivity contribution < 1.29 is 9.72 Å². The standard InChI is InChI=1S/C12H15N3O3/c1-8-9(4-2-6-11(8)15(17)18)14-12(16)10-5-3-7-13-10/h2,4,6,10,13H,3,5,7H2,1H3,(H,14,16)/t10-/m1/s1. The summed E-state index contributed by atoms with van der Waals surface area (Å²) in [5, 5.41) is 16.6. The van der Waals surface area contributed by atoms with Crippen LogP contribution in [0.3, 0.4) is 0 Å². The van der Waals surface area contributed by atoms with Crippen LogP contribution in [-0.2, 0) is 4.79 Å². The maximum atomic E-state index is 11.9. The van der Waals surface area contributed by atoms with Crippen LogP contribution in [0.1, 0.15) is 18.4 Å². The average Bonchev–Trinajstić information content (AvgIpc) is 2.85. The number of hydrogen-bond donors (Lipinski definition) is 2. The summed E-state index contributed by atoms with van der Waals surface area (Å²) in [6.07, 6.45) is 1.78. The molecule has 6 heteroatoms. The van der Waals surface area contributed by atoms with Crippen molar-refractivity contribution in [3.8, 4) is 0 Å². The molecular formula is C12H15N3O3. The molecule has 0 aliphatic carbocycles. The van der Waals surface area contributed by atoms with Crippen molar-refractivity contribution in [1.29, 1.82) is 0 Å². The van der Waals surface area contributed by atoms with Crippen molar-refractivity contribution in [2.24, 2.45) is 0 Å². The van der Waals surface area contributed by atoms with Crippen molar-refractivity contribution >= 4 is 17.3 Å². The summed E-state index contributed by atoms with van der Waals surface area (Å²) < 4.78 is 0. The molecule has 1 heterocycles. The highest BCUT2D eigenvalue weighted by Crippen LogP contribution is 2.25. The number of nitro groups is 1.